The second-order valence-electron chi connectivity index (χ2n) is 5.88. The standard InChI is InChI=1S/C16H22BrClN2O/c1-11(2)16(21)20-7-5-13(6-8-20)19-10-12-3-4-15(18)14(17)9-12/h3-4,9,11,13,19H,5-8,10H2,1-2H3. The summed E-state index contributed by atoms with van der Waals surface area (Å²) in [6, 6.07) is 6.48. The van der Waals surface area contributed by atoms with Crippen molar-refractivity contribution in [3.63, 3.8) is 0 Å². The van der Waals surface area contributed by atoms with E-state index < -0.39 is 0 Å². The van der Waals surface area contributed by atoms with E-state index in [-0.39, 0.29) is 11.8 Å². The Morgan fingerprint density at radius 1 is 1.43 bits per heavy atom. The SMILES string of the molecule is CC(C)C(=O)N1CCC(NCc2ccc(Cl)c(Br)c2)CC1. The fourth-order valence-corrected chi connectivity index (χ4v) is 3.12. The molecule has 0 aromatic heterocycles. The summed E-state index contributed by atoms with van der Waals surface area (Å²) in [6.45, 7) is 6.48. The van der Waals surface area contributed by atoms with E-state index in [0.29, 0.717) is 6.04 Å². The Morgan fingerprint density at radius 3 is 2.67 bits per heavy atom. The zero-order valence-electron chi connectivity index (χ0n) is 12.5. The van der Waals surface area contributed by atoms with E-state index in [1.54, 1.807) is 0 Å². The second kappa shape index (κ2) is 7.61. The topological polar surface area (TPSA) is 32.3 Å². The molecule has 1 heterocycles. The van der Waals surface area contributed by atoms with Gasteiger partial charge in [-0.15, -0.1) is 0 Å². The van der Waals surface area contributed by atoms with E-state index >= 15 is 0 Å². The summed E-state index contributed by atoms with van der Waals surface area (Å²) in [5.41, 5.74) is 1.21. The number of carbonyl (C=O) groups is 1. The molecule has 3 nitrogen and oxygen atoms in total. The number of piperidine rings is 1. The van der Waals surface area contributed by atoms with Crippen molar-refractivity contribution >= 4 is 33.4 Å². The number of nitrogens with one attached hydrogen (secondary N) is 1. The van der Waals surface area contributed by atoms with Gasteiger partial charge in [-0.05, 0) is 46.5 Å². The average Bonchev–Trinajstić information content (AvgIpc) is 2.48. The number of benzene rings is 1. The molecular formula is C16H22BrClN2O. The van der Waals surface area contributed by atoms with Crippen molar-refractivity contribution < 1.29 is 4.79 Å². The Hall–Kier alpha value is -0.580. The van der Waals surface area contributed by atoms with Crippen LogP contribution in [0.25, 0.3) is 0 Å². The minimum atomic E-state index is 0.0981. The first-order chi connectivity index (χ1) is 9.97. The van der Waals surface area contributed by atoms with Gasteiger partial charge in [-0.2, -0.15) is 0 Å². The number of halogens is 2. The molecule has 116 valence electrons. The minimum absolute atomic E-state index is 0.0981. The molecule has 0 spiro atoms. The van der Waals surface area contributed by atoms with Gasteiger partial charge in [-0.1, -0.05) is 31.5 Å². The maximum atomic E-state index is 11.9. The van der Waals surface area contributed by atoms with Crippen molar-refractivity contribution in [1.29, 1.82) is 0 Å². The predicted molar refractivity (Wildman–Crippen MR) is 90.4 cm³/mol. The summed E-state index contributed by atoms with van der Waals surface area (Å²) in [4.78, 5) is 13.9. The highest BCUT2D eigenvalue weighted by Crippen LogP contribution is 2.23. The largest absolute Gasteiger partial charge is 0.342 e. The molecule has 1 amide bonds. The van der Waals surface area contributed by atoms with Crippen LogP contribution in [0, 0.1) is 5.92 Å². The van der Waals surface area contributed by atoms with Crippen LogP contribution in [-0.2, 0) is 11.3 Å². The third-order valence-corrected chi connectivity index (χ3v) is 5.09. The third kappa shape index (κ3) is 4.70. The van der Waals surface area contributed by atoms with E-state index in [9.17, 15) is 4.79 Å². The van der Waals surface area contributed by atoms with Crippen LogP contribution < -0.4 is 5.32 Å². The predicted octanol–water partition coefficient (Wildman–Crippen LogP) is 3.84. The third-order valence-electron chi connectivity index (χ3n) is 3.88. The van der Waals surface area contributed by atoms with Crippen LogP contribution in [0.1, 0.15) is 32.3 Å². The molecule has 1 saturated heterocycles. The normalized spacial score (nSPS) is 16.5. The van der Waals surface area contributed by atoms with E-state index in [4.69, 9.17) is 11.6 Å². The lowest BCUT2D eigenvalue weighted by molar-refractivity contribution is -0.135. The molecule has 1 aromatic rings. The number of carbonyl (C=O) groups excluding carboxylic acids is 1. The first-order valence-electron chi connectivity index (χ1n) is 7.43. The molecule has 1 aliphatic rings. The van der Waals surface area contributed by atoms with Gasteiger partial charge in [0.15, 0.2) is 0 Å². The zero-order chi connectivity index (χ0) is 15.4. The van der Waals surface area contributed by atoms with Gasteiger partial charge in [-0.25, -0.2) is 0 Å². The summed E-state index contributed by atoms with van der Waals surface area (Å²) in [5.74, 6) is 0.371. The summed E-state index contributed by atoms with van der Waals surface area (Å²) >= 11 is 9.44. The van der Waals surface area contributed by atoms with Crippen LogP contribution in [0.2, 0.25) is 5.02 Å². The molecule has 5 heteroatoms. The van der Waals surface area contributed by atoms with Crippen LogP contribution in [0.15, 0.2) is 22.7 Å². The fourth-order valence-electron chi connectivity index (χ4n) is 2.58. The van der Waals surface area contributed by atoms with Crippen LogP contribution >= 0.6 is 27.5 Å². The average molecular weight is 374 g/mol. The lowest BCUT2D eigenvalue weighted by Gasteiger charge is -2.33. The molecule has 0 bridgehead atoms. The van der Waals surface area contributed by atoms with Crippen LogP contribution in [0.4, 0.5) is 0 Å². The molecule has 1 N–H and O–H groups in total. The maximum absolute atomic E-state index is 11.9. The molecule has 0 aliphatic carbocycles. The van der Waals surface area contributed by atoms with Crippen molar-refractivity contribution in [3.05, 3.63) is 33.3 Å². The molecule has 0 atom stereocenters. The second-order valence-corrected chi connectivity index (χ2v) is 7.15. The molecule has 1 fully saturated rings. The van der Waals surface area contributed by atoms with Crippen molar-refractivity contribution in [2.75, 3.05) is 13.1 Å². The highest BCUT2D eigenvalue weighted by atomic mass is 79.9. The summed E-state index contributed by atoms with van der Waals surface area (Å²) in [6.07, 6.45) is 2.04. The molecule has 0 saturated carbocycles. The van der Waals surface area contributed by atoms with Crippen molar-refractivity contribution in [1.82, 2.24) is 10.2 Å². The Labute approximate surface area is 140 Å². The van der Waals surface area contributed by atoms with E-state index in [2.05, 4.69) is 21.2 Å². The number of nitrogens with zero attached hydrogens (tertiary/aromatic N) is 1. The molecular weight excluding hydrogens is 352 g/mol. The lowest BCUT2D eigenvalue weighted by atomic mass is 10.0. The highest BCUT2D eigenvalue weighted by molar-refractivity contribution is 9.10. The fraction of sp³-hybridized carbons (Fsp3) is 0.562. The first kappa shape index (κ1) is 16.8. The van der Waals surface area contributed by atoms with Crippen molar-refractivity contribution in [2.45, 2.75) is 39.3 Å². The summed E-state index contributed by atoms with van der Waals surface area (Å²) in [7, 11) is 0. The summed E-state index contributed by atoms with van der Waals surface area (Å²) < 4.78 is 0.931. The number of rotatable bonds is 4. The Morgan fingerprint density at radius 2 is 2.10 bits per heavy atom. The Balaban J connectivity index is 1.78. The Bertz CT molecular complexity index is 499. The van der Waals surface area contributed by atoms with Crippen LogP contribution in [0.3, 0.4) is 0 Å². The molecule has 21 heavy (non-hydrogen) atoms. The maximum Gasteiger partial charge on any atom is 0.225 e. The molecule has 0 radical (unpaired) electrons. The van der Waals surface area contributed by atoms with E-state index in [0.717, 1.165) is 42.0 Å². The number of likely N-dealkylation sites (tertiary alicyclic amines) is 1. The van der Waals surface area contributed by atoms with Gasteiger partial charge in [0.05, 0.1) is 5.02 Å². The zero-order valence-corrected chi connectivity index (χ0v) is 14.9. The molecule has 1 aromatic carbocycles. The number of hydrogen-bond acceptors (Lipinski definition) is 2. The summed E-state index contributed by atoms with van der Waals surface area (Å²) in [5, 5.41) is 4.31. The Kier molecular flexibility index (Phi) is 6.08. The monoisotopic (exact) mass is 372 g/mol. The van der Waals surface area contributed by atoms with Gasteiger partial charge in [0.25, 0.3) is 0 Å². The van der Waals surface area contributed by atoms with Gasteiger partial charge in [0, 0.05) is 36.1 Å². The van der Waals surface area contributed by atoms with Crippen LogP contribution in [-0.4, -0.2) is 29.9 Å². The van der Waals surface area contributed by atoms with Crippen molar-refractivity contribution in [3.8, 4) is 0 Å². The minimum Gasteiger partial charge on any atom is -0.342 e. The van der Waals surface area contributed by atoms with Gasteiger partial charge in [0.1, 0.15) is 0 Å². The molecule has 1 aliphatic heterocycles. The quantitative estimate of drug-likeness (QED) is 0.869. The van der Waals surface area contributed by atoms with E-state index in [1.165, 1.54) is 5.56 Å². The first-order valence-corrected chi connectivity index (χ1v) is 8.60. The van der Waals surface area contributed by atoms with Crippen LogP contribution in [0.5, 0.6) is 0 Å². The number of amides is 1. The van der Waals surface area contributed by atoms with Gasteiger partial charge >= 0.3 is 0 Å². The van der Waals surface area contributed by atoms with Gasteiger partial charge in [0.2, 0.25) is 5.91 Å². The van der Waals surface area contributed by atoms with Gasteiger partial charge in [-0.3, -0.25) is 4.79 Å². The van der Waals surface area contributed by atoms with Gasteiger partial charge < -0.3 is 10.2 Å². The van der Waals surface area contributed by atoms with E-state index in [1.807, 2.05) is 36.9 Å². The highest BCUT2D eigenvalue weighted by Gasteiger charge is 2.23. The molecule has 2 rings (SSSR count). The van der Waals surface area contributed by atoms with Crippen molar-refractivity contribution in [2.24, 2.45) is 5.92 Å². The number of hydrogen-bond donors (Lipinski definition) is 1. The smallest absolute Gasteiger partial charge is 0.225 e. The lowest BCUT2D eigenvalue weighted by Crippen LogP contribution is -2.45. The molecule has 0 unspecified atom stereocenters.